The number of aromatic nitrogens is 1. The van der Waals surface area contributed by atoms with Gasteiger partial charge in [-0.2, -0.15) is 0 Å². The highest BCUT2D eigenvalue weighted by atomic mass is 16.5. The molecule has 0 atom stereocenters. The maximum absolute atomic E-state index is 11.6. The summed E-state index contributed by atoms with van der Waals surface area (Å²) < 4.78 is 6.54. The van der Waals surface area contributed by atoms with Crippen LogP contribution in [0.2, 0.25) is 0 Å². The number of methoxy groups -OCH3 is 1. The highest BCUT2D eigenvalue weighted by Crippen LogP contribution is 2.30. The summed E-state index contributed by atoms with van der Waals surface area (Å²) in [6.07, 6.45) is 1.83. The number of benzene rings is 1. The molecule has 1 heterocycles. The molecule has 1 aromatic carbocycles. The van der Waals surface area contributed by atoms with Crippen LogP contribution in [-0.2, 0) is 11.3 Å². The predicted molar refractivity (Wildman–Crippen MR) is 68.5 cm³/mol. The first-order valence-electron chi connectivity index (χ1n) is 5.74. The quantitative estimate of drug-likeness (QED) is 0.846. The van der Waals surface area contributed by atoms with Crippen molar-refractivity contribution in [2.75, 3.05) is 7.11 Å². The summed E-state index contributed by atoms with van der Waals surface area (Å²) in [7, 11) is 1.36. The lowest BCUT2D eigenvalue weighted by atomic mass is 10.1. The van der Waals surface area contributed by atoms with Gasteiger partial charge in [-0.05, 0) is 19.1 Å². The van der Waals surface area contributed by atoms with Gasteiger partial charge in [-0.1, -0.05) is 18.2 Å². The molecule has 0 fully saturated rings. The smallest absolute Gasteiger partial charge is 0.354 e. The van der Waals surface area contributed by atoms with Gasteiger partial charge < -0.3 is 14.4 Å². The number of carbonyl (C=O) groups excluding carboxylic acids is 1. The zero-order valence-corrected chi connectivity index (χ0v) is 10.4. The number of esters is 1. The van der Waals surface area contributed by atoms with Crippen LogP contribution in [0.25, 0.3) is 11.1 Å². The van der Waals surface area contributed by atoms with Crippen LogP contribution in [0.5, 0.6) is 5.75 Å². The van der Waals surface area contributed by atoms with E-state index >= 15 is 0 Å². The van der Waals surface area contributed by atoms with Gasteiger partial charge >= 0.3 is 5.97 Å². The number of rotatable bonds is 3. The second-order valence-electron chi connectivity index (χ2n) is 3.91. The van der Waals surface area contributed by atoms with Crippen LogP contribution in [0, 0.1) is 0 Å². The Morgan fingerprint density at radius 3 is 2.72 bits per heavy atom. The van der Waals surface area contributed by atoms with Crippen molar-refractivity contribution in [3.63, 3.8) is 0 Å². The molecule has 0 radical (unpaired) electrons. The molecule has 2 rings (SSSR count). The highest BCUT2D eigenvalue weighted by molar-refractivity contribution is 5.90. The molecule has 2 aromatic rings. The third-order valence-corrected chi connectivity index (χ3v) is 2.85. The van der Waals surface area contributed by atoms with Crippen molar-refractivity contribution in [2.24, 2.45) is 0 Å². The molecule has 0 amide bonds. The molecular formula is C14H15NO3. The number of carbonyl (C=O) groups is 1. The Hall–Kier alpha value is -2.23. The predicted octanol–water partition coefficient (Wildman–Crippen LogP) is 2.67. The van der Waals surface area contributed by atoms with Crippen LogP contribution < -0.4 is 0 Å². The van der Waals surface area contributed by atoms with E-state index < -0.39 is 0 Å². The van der Waals surface area contributed by atoms with Crippen LogP contribution in [-0.4, -0.2) is 22.8 Å². The lowest BCUT2D eigenvalue weighted by molar-refractivity contribution is 0.0588. The van der Waals surface area contributed by atoms with Gasteiger partial charge in [-0.3, -0.25) is 0 Å². The summed E-state index contributed by atoms with van der Waals surface area (Å²) in [5.74, 6) is -0.180. The fourth-order valence-electron chi connectivity index (χ4n) is 1.91. The van der Waals surface area contributed by atoms with Crippen molar-refractivity contribution in [3.05, 3.63) is 42.2 Å². The third-order valence-electron chi connectivity index (χ3n) is 2.85. The molecule has 0 saturated carbocycles. The van der Waals surface area contributed by atoms with Gasteiger partial charge in [0.2, 0.25) is 0 Å². The van der Waals surface area contributed by atoms with Gasteiger partial charge in [-0.15, -0.1) is 0 Å². The second kappa shape index (κ2) is 4.96. The normalized spacial score (nSPS) is 10.3. The van der Waals surface area contributed by atoms with E-state index in [1.807, 2.05) is 25.3 Å². The number of ether oxygens (including phenoxy) is 1. The van der Waals surface area contributed by atoms with Gasteiger partial charge in [0.1, 0.15) is 11.4 Å². The molecule has 18 heavy (non-hydrogen) atoms. The van der Waals surface area contributed by atoms with Crippen LogP contribution in [0.4, 0.5) is 0 Å². The number of para-hydroxylation sites is 1. The van der Waals surface area contributed by atoms with E-state index in [1.165, 1.54) is 7.11 Å². The summed E-state index contributed by atoms with van der Waals surface area (Å²) in [6, 6.07) is 8.76. The summed E-state index contributed by atoms with van der Waals surface area (Å²) in [5.41, 5.74) is 1.99. The molecule has 0 aliphatic heterocycles. The number of phenols is 1. The van der Waals surface area contributed by atoms with E-state index in [9.17, 15) is 9.90 Å². The average molecular weight is 245 g/mol. The number of phenolic OH excluding ortho intramolecular Hbond substituents is 1. The Morgan fingerprint density at radius 2 is 2.11 bits per heavy atom. The van der Waals surface area contributed by atoms with E-state index in [0.29, 0.717) is 17.8 Å². The third kappa shape index (κ3) is 2.09. The molecule has 4 heteroatoms. The van der Waals surface area contributed by atoms with Crippen molar-refractivity contribution in [2.45, 2.75) is 13.5 Å². The SMILES string of the molecule is CCn1cc(-c2ccccc2O)cc1C(=O)OC. The first-order chi connectivity index (χ1) is 8.67. The van der Waals surface area contributed by atoms with Crippen molar-refractivity contribution >= 4 is 5.97 Å². The first-order valence-corrected chi connectivity index (χ1v) is 5.74. The molecule has 1 N–H and O–H groups in total. The number of aryl methyl sites for hydroxylation is 1. The molecule has 4 nitrogen and oxygen atoms in total. The van der Waals surface area contributed by atoms with E-state index in [-0.39, 0.29) is 11.7 Å². The standard InChI is InChI=1S/C14H15NO3/c1-3-15-9-10(8-12(15)14(17)18-2)11-6-4-5-7-13(11)16/h4-9,16H,3H2,1-2H3. The summed E-state index contributed by atoms with van der Waals surface area (Å²) in [6.45, 7) is 2.61. The van der Waals surface area contributed by atoms with Gasteiger partial charge in [-0.25, -0.2) is 4.79 Å². The number of aromatic hydroxyl groups is 1. The lowest BCUT2D eigenvalue weighted by Gasteiger charge is -2.02. The second-order valence-corrected chi connectivity index (χ2v) is 3.91. The molecule has 0 aliphatic rings. The minimum absolute atomic E-state index is 0.196. The maximum atomic E-state index is 11.6. The summed E-state index contributed by atoms with van der Waals surface area (Å²) in [4.78, 5) is 11.6. The number of nitrogens with zero attached hydrogens (tertiary/aromatic N) is 1. The van der Waals surface area contributed by atoms with Gasteiger partial charge in [0, 0.05) is 23.9 Å². The van der Waals surface area contributed by atoms with Crippen LogP contribution in [0.15, 0.2) is 36.5 Å². The average Bonchev–Trinajstić information content (AvgIpc) is 2.82. The Labute approximate surface area is 105 Å². The lowest BCUT2D eigenvalue weighted by Crippen LogP contribution is -2.08. The monoisotopic (exact) mass is 245 g/mol. The number of hydrogen-bond acceptors (Lipinski definition) is 3. The Morgan fingerprint density at radius 1 is 1.39 bits per heavy atom. The molecule has 1 aromatic heterocycles. The Bertz CT molecular complexity index is 572. The number of hydrogen-bond donors (Lipinski definition) is 1. The van der Waals surface area contributed by atoms with Crippen LogP contribution >= 0.6 is 0 Å². The van der Waals surface area contributed by atoms with Crippen molar-refractivity contribution in [1.82, 2.24) is 4.57 Å². The fourth-order valence-corrected chi connectivity index (χ4v) is 1.91. The van der Waals surface area contributed by atoms with Gasteiger partial charge in [0.05, 0.1) is 7.11 Å². The fraction of sp³-hybridized carbons (Fsp3) is 0.214. The van der Waals surface area contributed by atoms with Crippen molar-refractivity contribution in [3.8, 4) is 16.9 Å². The molecule has 0 aliphatic carbocycles. The van der Waals surface area contributed by atoms with E-state index in [1.54, 1.807) is 22.8 Å². The molecule has 0 bridgehead atoms. The molecule has 0 spiro atoms. The van der Waals surface area contributed by atoms with Crippen molar-refractivity contribution < 1.29 is 14.6 Å². The zero-order chi connectivity index (χ0) is 13.1. The molecular weight excluding hydrogens is 230 g/mol. The molecule has 0 unspecified atom stereocenters. The zero-order valence-electron chi connectivity index (χ0n) is 10.4. The van der Waals surface area contributed by atoms with Gasteiger partial charge in [0.15, 0.2) is 0 Å². The van der Waals surface area contributed by atoms with Crippen molar-refractivity contribution in [1.29, 1.82) is 0 Å². The van der Waals surface area contributed by atoms with Gasteiger partial charge in [0.25, 0.3) is 0 Å². The Kier molecular flexibility index (Phi) is 3.37. The summed E-state index contributed by atoms with van der Waals surface area (Å²) in [5, 5.41) is 9.81. The maximum Gasteiger partial charge on any atom is 0.354 e. The minimum atomic E-state index is -0.376. The highest BCUT2D eigenvalue weighted by Gasteiger charge is 2.15. The minimum Gasteiger partial charge on any atom is -0.507 e. The van der Waals surface area contributed by atoms with E-state index in [4.69, 9.17) is 4.74 Å². The molecule has 94 valence electrons. The topological polar surface area (TPSA) is 51.5 Å². The van der Waals surface area contributed by atoms with E-state index in [2.05, 4.69) is 0 Å². The van der Waals surface area contributed by atoms with E-state index in [0.717, 1.165) is 5.56 Å². The first kappa shape index (κ1) is 12.2. The Balaban J connectivity index is 2.51. The molecule has 0 saturated heterocycles. The van der Waals surface area contributed by atoms with Crippen LogP contribution in [0.3, 0.4) is 0 Å². The van der Waals surface area contributed by atoms with Crippen LogP contribution in [0.1, 0.15) is 17.4 Å². The largest absolute Gasteiger partial charge is 0.507 e. The summed E-state index contributed by atoms with van der Waals surface area (Å²) >= 11 is 0.